The highest BCUT2D eigenvalue weighted by Crippen LogP contribution is 2.58. The van der Waals surface area contributed by atoms with E-state index in [1.807, 2.05) is 18.2 Å². The van der Waals surface area contributed by atoms with Crippen LogP contribution in [-0.2, 0) is 21.7 Å². The van der Waals surface area contributed by atoms with Crippen molar-refractivity contribution in [3.8, 4) is 96.3 Å². The molecular weight excluding hydrogens is 1830 g/mol. The number of hydrogen-bond acceptors (Lipinski definition) is 8. The Morgan fingerprint density at radius 3 is 1.18 bits per heavy atom. The first-order valence-electron chi connectivity index (χ1n) is 51.6. The molecule has 0 unspecified atom stereocenters. The fourth-order valence-electron chi connectivity index (χ4n) is 26.2. The maximum atomic E-state index is 6.67. The summed E-state index contributed by atoms with van der Waals surface area (Å²) >= 11 is 1.79. The molecule has 8 aromatic heterocycles. The number of rotatable bonds is 6. The van der Waals surface area contributed by atoms with Crippen LogP contribution in [0.4, 0.5) is 0 Å². The van der Waals surface area contributed by atoms with Gasteiger partial charge < -0.3 is 4.42 Å². The van der Waals surface area contributed by atoms with E-state index in [0.29, 0.717) is 23.3 Å². The van der Waals surface area contributed by atoms with E-state index in [1.54, 1.807) is 11.3 Å². The third-order valence-corrected chi connectivity index (χ3v) is 34.7. The molecule has 10 nitrogen and oxygen atoms in total. The van der Waals surface area contributed by atoms with Crippen LogP contribution in [0, 0.1) is 0 Å². The van der Waals surface area contributed by atoms with Crippen LogP contribution in [0.1, 0.15) is 99.9 Å². The molecule has 0 atom stereocenters. The molecule has 702 valence electrons. The number of aromatic nitrogens is 9. The van der Waals surface area contributed by atoms with Crippen LogP contribution in [0.2, 0.25) is 0 Å². The average molecular weight is 1930 g/mol. The van der Waals surface area contributed by atoms with Crippen molar-refractivity contribution >= 4 is 184 Å². The minimum Gasteiger partial charge on any atom is -0.450 e. The molecule has 4 aliphatic rings. The SMILES string of the molecule is CC1(C)c2ccccc2-c2cc(-c3nc(-n4c5cc6ccccc6cc5c5c6ccccc6ccc54)c4oc5ccccc5c4n3)ccc21.CC1(C)c2ccccc2-c2cc(-c3nc(-n4c5cc6ccccc6cc5c5cc6ccccc6cc54)nc4c3C(C)(C)c3ccccc3-4)ccc21.CC1(C)c2ccccc2-c2cc(-c3nc(-n4c5cc6ccccc6cc5c5ccc6ccccc6c54)nc4c3sc3ccccc34)ccc21. The highest BCUT2D eigenvalue weighted by Gasteiger charge is 2.44. The van der Waals surface area contributed by atoms with Gasteiger partial charge in [-0.25, -0.2) is 29.9 Å². The Balaban J connectivity index is 0.000000101. The molecule has 11 heteroatoms. The van der Waals surface area contributed by atoms with Gasteiger partial charge in [0, 0.05) is 103 Å². The molecule has 33 rings (SSSR count). The second-order valence-corrected chi connectivity index (χ2v) is 44.1. The Bertz CT molecular complexity index is 10900. The molecular formula is C138H93N9OS. The van der Waals surface area contributed by atoms with E-state index in [-0.39, 0.29) is 21.7 Å². The Hall–Kier alpha value is -18.2. The molecule has 0 amide bonds. The van der Waals surface area contributed by atoms with Crippen molar-refractivity contribution in [3.63, 3.8) is 0 Å². The highest BCUT2D eigenvalue weighted by atomic mass is 32.1. The average Bonchev–Trinajstić information content (AvgIpc) is 1.54. The van der Waals surface area contributed by atoms with E-state index >= 15 is 0 Å². The summed E-state index contributed by atoms with van der Waals surface area (Å²) in [6, 6.07) is 152. The zero-order valence-corrected chi connectivity index (χ0v) is 84.0. The topological polar surface area (TPSA) is 105 Å². The van der Waals surface area contributed by atoms with Gasteiger partial charge in [-0.2, -0.15) is 0 Å². The summed E-state index contributed by atoms with van der Waals surface area (Å²) < 4.78 is 15.9. The van der Waals surface area contributed by atoms with Crippen molar-refractivity contribution in [2.45, 2.75) is 77.0 Å². The van der Waals surface area contributed by atoms with Crippen molar-refractivity contribution in [3.05, 3.63) is 463 Å². The second-order valence-electron chi connectivity index (χ2n) is 43.1. The molecule has 0 fully saturated rings. The number of hydrogen-bond donors (Lipinski definition) is 0. The normalized spacial score (nSPS) is 14.1. The van der Waals surface area contributed by atoms with E-state index in [1.165, 1.54) is 185 Å². The van der Waals surface area contributed by atoms with E-state index in [2.05, 4.69) is 469 Å². The van der Waals surface area contributed by atoms with Gasteiger partial charge in [0.1, 0.15) is 11.1 Å². The molecule has 29 aromatic rings. The third kappa shape index (κ3) is 12.3. The Kier molecular flexibility index (Phi) is 17.9. The quantitative estimate of drug-likeness (QED) is 0.163. The van der Waals surface area contributed by atoms with Crippen molar-refractivity contribution in [2.75, 3.05) is 0 Å². The van der Waals surface area contributed by atoms with Crippen molar-refractivity contribution < 1.29 is 4.42 Å². The summed E-state index contributed by atoms with van der Waals surface area (Å²) in [7, 11) is 0. The van der Waals surface area contributed by atoms with Gasteiger partial charge in [0.05, 0.1) is 60.4 Å². The van der Waals surface area contributed by atoms with E-state index in [0.717, 1.165) is 105 Å². The molecule has 0 saturated heterocycles. The molecule has 8 heterocycles. The first-order valence-corrected chi connectivity index (χ1v) is 52.4. The molecule has 0 spiro atoms. The fraction of sp³-hybridized carbons (Fsp3) is 0.0870. The Morgan fingerprint density at radius 2 is 0.624 bits per heavy atom. The summed E-state index contributed by atoms with van der Waals surface area (Å²) in [4.78, 5) is 33.0. The Morgan fingerprint density at radius 1 is 0.235 bits per heavy atom. The van der Waals surface area contributed by atoms with E-state index < -0.39 is 0 Å². The molecule has 149 heavy (non-hydrogen) atoms. The molecule has 21 aromatic carbocycles. The minimum atomic E-state index is -0.275. The van der Waals surface area contributed by atoms with Gasteiger partial charge >= 0.3 is 0 Å². The fourth-order valence-corrected chi connectivity index (χ4v) is 27.4. The zero-order valence-electron chi connectivity index (χ0n) is 83.2. The summed E-state index contributed by atoms with van der Waals surface area (Å²) in [6.07, 6.45) is 0. The summed E-state index contributed by atoms with van der Waals surface area (Å²) in [5.41, 5.74) is 35.2. The lowest BCUT2D eigenvalue weighted by Crippen LogP contribution is -2.18. The van der Waals surface area contributed by atoms with Crippen LogP contribution < -0.4 is 0 Å². The van der Waals surface area contributed by atoms with Crippen LogP contribution >= 0.6 is 11.3 Å². The molecule has 0 aliphatic heterocycles. The molecule has 0 bridgehead atoms. The molecule has 0 N–H and O–H groups in total. The molecule has 0 saturated carbocycles. The van der Waals surface area contributed by atoms with E-state index in [9.17, 15) is 0 Å². The second kappa shape index (κ2) is 31.2. The van der Waals surface area contributed by atoms with Crippen molar-refractivity contribution in [2.24, 2.45) is 0 Å². The highest BCUT2D eigenvalue weighted by molar-refractivity contribution is 7.26. The number of thiophene rings is 1. The van der Waals surface area contributed by atoms with Gasteiger partial charge in [0.15, 0.2) is 17.2 Å². The van der Waals surface area contributed by atoms with Crippen LogP contribution in [0.15, 0.2) is 423 Å². The first kappa shape index (κ1) is 85.3. The minimum absolute atomic E-state index is 0.0545. The van der Waals surface area contributed by atoms with Gasteiger partial charge in [-0.3, -0.25) is 13.7 Å². The number of nitrogens with zero attached hydrogens (tertiary/aromatic N) is 9. The largest absolute Gasteiger partial charge is 0.450 e. The first-order chi connectivity index (χ1) is 72.9. The monoisotopic (exact) mass is 1920 g/mol. The zero-order chi connectivity index (χ0) is 99.1. The van der Waals surface area contributed by atoms with Gasteiger partial charge in [-0.1, -0.05) is 383 Å². The van der Waals surface area contributed by atoms with Crippen molar-refractivity contribution in [1.82, 2.24) is 43.6 Å². The lowest BCUT2D eigenvalue weighted by atomic mass is 9.80. The lowest BCUT2D eigenvalue weighted by Gasteiger charge is -2.24. The summed E-state index contributed by atoms with van der Waals surface area (Å²) in [6.45, 7) is 18.6. The van der Waals surface area contributed by atoms with Gasteiger partial charge in [-0.15, -0.1) is 11.3 Å². The maximum absolute atomic E-state index is 6.67. The van der Waals surface area contributed by atoms with Crippen molar-refractivity contribution in [1.29, 1.82) is 0 Å². The maximum Gasteiger partial charge on any atom is 0.235 e. The van der Waals surface area contributed by atoms with Gasteiger partial charge in [-0.05, 0) is 223 Å². The number of benzene rings is 21. The third-order valence-electron chi connectivity index (χ3n) is 33.5. The van der Waals surface area contributed by atoms with Gasteiger partial charge in [0.25, 0.3) is 0 Å². The van der Waals surface area contributed by atoms with Crippen LogP contribution in [0.25, 0.3) is 269 Å². The summed E-state index contributed by atoms with van der Waals surface area (Å²) in [5.74, 6) is 2.81. The standard InChI is InChI=1S/C48H35N3.C45H29N3O.C45H29N3S/c1-47(2)38-19-11-9-17-33(38)35-25-32(21-22-40(35)47)44-43-45(34-18-10-12-20-39(34)48(43,3)4)50-46(49-44)51-41-26-30-15-7-5-13-28(30)23-36(41)37-24-29-14-6-8-16-31(29)27-42(37)51;1-45(2)35-17-9-7-15-31(35)33-24-29(19-21-36(33)45)43-46-41-32-16-8-10-18-39(32)49-42(41)44(47-43)48-37-22-20-26-11-5-6-14-30(26)40(37)34-23-27-12-3-4-13-28(27)25-38(34)48;1-45(2)36-17-9-7-15-31(36)34-24-29(20-22-37(34)45)40-43-41(33-16-8-10-18-39(33)49-43)47-44(46-40)48-38-25-28-13-4-3-12-27(28)23-35(38)32-21-19-26-11-5-6-14-30(26)42(32)48/h5-27H,1-4H3;2*3-25H,1-2H3. The predicted molar refractivity (Wildman–Crippen MR) is 621 cm³/mol. The lowest BCUT2D eigenvalue weighted by molar-refractivity contribution is 0.656. The Labute approximate surface area is 861 Å². The number of para-hydroxylation sites is 1. The van der Waals surface area contributed by atoms with Crippen LogP contribution in [0.5, 0.6) is 0 Å². The smallest absolute Gasteiger partial charge is 0.235 e. The van der Waals surface area contributed by atoms with E-state index in [4.69, 9.17) is 34.3 Å². The number of fused-ring (bicyclic) bond motifs is 35. The van der Waals surface area contributed by atoms with Crippen LogP contribution in [-0.4, -0.2) is 43.6 Å². The number of furan rings is 1. The van der Waals surface area contributed by atoms with Gasteiger partial charge in [0.2, 0.25) is 11.9 Å². The summed E-state index contributed by atoms with van der Waals surface area (Å²) in [5, 5.41) is 23.8. The molecule has 0 radical (unpaired) electrons. The molecule has 4 aliphatic carbocycles. The van der Waals surface area contributed by atoms with Crippen LogP contribution in [0.3, 0.4) is 0 Å². The predicted octanol–water partition coefficient (Wildman–Crippen LogP) is 36.1.